The van der Waals surface area contributed by atoms with Crippen molar-refractivity contribution in [1.82, 2.24) is 0 Å². The average Bonchev–Trinajstić information content (AvgIpc) is 2.05. The smallest absolute Gasteiger partial charge is 0.308 e. The molecule has 0 bridgehead atoms. The van der Waals surface area contributed by atoms with Crippen LogP contribution in [0.2, 0.25) is 0 Å². The van der Waals surface area contributed by atoms with Crippen molar-refractivity contribution in [2.75, 3.05) is 6.61 Å². The second-order valence-electron chi connectivity index (χ2n) is 3.16. The molecule has 0 aromatic carbocycles. The molecule has 0 aromatic rings. The zero-order valence-corrected chi connectivity index (χ0v) is 7.78. The van der Waals surface area contributed by atoms with E-state index in [1.165, 1.54) is 0 Å². The van der Waals surface area contributed by atoms with Crippen molar-refractivity contribution in [3.05, 3.63) is 0 Å². The highest BCUT2D eigenvalue weighted by atomic mass is 19.3. The van der Waals surface area contributed by atoms with Gasteiger partial charge in [-0.15, -0.1) is 0 Å². The van der Waals surface area contributed by atoms with Gasteiger partial charge in [0, 0.05) is 19.4 Å². The largest absolute Gasteiger partial charge is 0.378 e. The van der Waals surface area contributed by atoms with Crippen LogP contribution in [-0.4, -0.2) is 18.6 Å². The molecule has 1 aliphatic rings. The van der Waals surface area contributed by atoms with Gasteiger partial charge in [-0.05, 0) is 25.7 Å². The minimum atomic E-state index is -2.81. The lowest BCUT2D eigenvalue weighted by atomic mass is 10.0. The molecule has 0 aromatic heterocycles. The third kappa shape index (κ3) is 3.73. The standard InChI is InChI=1S/C10H14F2O/c1-2-13-9-5-3-4-7-10(11,12)8-6-9/h9H,2-3,5-6,8H2,1H3. The lowest BCUT2D eigenvalue weighted by Crippen LogP contribution is -2.21. The van der Waals surface area contributed by atoms with E-state index in [0.717, 1.165) is 6.42 Å². The number of hydrogen-bond acceptors (Lipinski definition) is 1. The van der Waals surface area contributed by atoms with Gasteiger partial charge in [0.05, 0.1) is 6.10 Å². The molecule has 0 aliphatic heterocycles. The molecule has 0 saturated carbocycles. The van der Waals surface area contributed by atoms with Crippen molar-refractivity contribution in [3.8, 4) is 11.8 Å². The van der Waals surface area contributed by atoms with Crippen molar-refractivity contribution in [3.63, 3.8) is 0 Å². The van der Waals surface area contributed by atoms with Gasteiger partial charge in [0.1, 0.15) is 0 Å². The summed E-state index contributed by atoms with van der Waals surface area (Å²) in [6.07, 6.45) is 1.49. The Kier molecular flexibility index (Phi) is 3.68. The lowest BCUT2D eigenvalue weighted by Gasteiger charge is -2.19. The van der Waals surface area contributed by atoms with E-state index in [0.29, 0.717) is 19.4 Å². The minimum absolute atomic E-state index is 0.0366. The lowest BCUT2D eigenvalue weighted by molar-refractivity contribution is 0.00609. The van der Waals surface area contributed by atoms with Gasteiger partial charge in [-0.3, -0.25) is 0 Å². The Morgan fingerprint density at radius 3 is 2.92 bits per heavy atom. The first-order chi connectivity index (χ1) is 6.14. The Bertz CT molecular complexity index is 215. The van der Waals surface area contributed by atoms with Gasteiger partial charge in [-0.25, -0.2) is 0 Å². The van der Waals surface area contributed by atoms with E-state index in [9.17, 15) is 8.78 Å². The van der Waals surface area contributed by atoms with E-state index in [-0.39, 0.29) is 12.5 Å². The van der Waals surface area contributed by atoms with Crippen LogP contribution in [0, 0.1) is 11.8 Å². The molecule has 3 heteroatoms. The zero-order chi connectivity index (χ0) is 9.73. The Labute approximate surface area is 77.5 Å². The molecule has 1 unspecified atom stereocenters. The van der Waals surface area contributed by atoms with Crippen LogP contribution in [0.3, 0.4) is 0 Å². The molecule has 1 atom stereocenters. The number of ether oxygens (including phenoxy) is 1. The maximum absolute atomic E-state index is 12.8. The van der Waals surface area contributed by atoms with E-state index in [4.69, 9.17) is 4.74 Å². The first kappa shape index (κ1) is 10.5. The van der Waals surface area contributed by atoms with Crippen LogP contribution in [0.4, 0.5) is 8.78 Å². The van der Waals surface area contributed by atoms with E-state index in [2.05, 4.69) is 5.92 Å². The molecule has 0 N–H and O–H groups in total. The first-order valence-electron chi connectivity index (χ1n) is 4.63. The second-order valence-corrected chi connectivity index (χ2v) is 3.16. The van der Waals surface area contributed by atoms with Gasteiger partial charge in [-0.1, -0.05) is 5.92 Å². The second kappa shape index (κ2) is 4.57. The number of halogens is 2. The summed E-state index contributed by atoms with van der Waals surface area (Å²) in [5.41, 5.74) is 0. The Morgan fingerprint density at radius 2 is 2.23 bits per heavy atom. The van der Waals surface area contributed by atoms with Gasteiger partial charge < -0.3 is 4.74 Å². The van der Waals surface area contributed by atoms with Gasteiger partial charge in [0.15, 0.2) is 0 Å². The van der Waals surface area contributed by atoms with E-state index in [1.807, 2.05) is 12.8 Å². The summed E-state index contributed by atoms with van der Waals surface area (Å²) in [4.78, 5) is 0. The summed E-state index contributed by atoms with van der Waals surface area (Å²) in [5.74, 6) is 1.66. The van der Waals surface area contributed by atoms with Crippen molar-refractivity contribution < 1.29 is 13.5 Å². The molecular weight excluding hydrogens is 174 g/mol. The monoisotopic (exact) mass is 188 g/mol. The molecule has 0 saturated heterocycles. The number of alkyl halides is 2. The van der Waals surface area contributed by atoms with Crippen LogP contribution in [-0.2, 0) is 4.74 Å². The predicted molar refractivity (Wildman–Crippen MR) is 46.6 cm³/mol. The fourth-order valence-electron chi connectivity index (χ4n) is 1.38. The maximum atomic E-state index is 12.8. The van der Waals surface area contributed by atoms with Crippen molar-refractivity contribution in [1.29, 1.82) is 0 Å². The van der Waals surface area contributed by atoms with Gasteiger partial charge in [0.2, 0.25) is 0 Å². The van der Waals surface area contributed by atoms with Crippen molar-refractivity contribution in [2.24, 2.45) is 0 Å². The molecule has 0 fully saturated rings. The molecule has 1 aliphatic carbocycles. The summed E-state index contributed by atoms with van der Waals surface area (Å²) in [6.45, 7) is 2.46. The SMILES string of the molecule is CCOC1CCC#CC(F)(F)CC1. The molecule has 0 radical (unpaired) electrons. The molecule has 1 rings (SSSR count). The van der Waals surface area contributed by atoms with Crippen LogP contribution in [0.25, 0.3) is 0 Å². The quantitative estimate of drug-likeness (QED) is 0.605. The average molecular weight is 188 g/mol. The third-order valence-corrected chi connectivity index (χ3v) is 2.05. The molecule has 0 heterocycles. The number of hydrogen-bond donors (Lipinski definition) is 0. The van der Waals surface area contributed by atoms with Crippen LogP contribution >= 0.6 is 0 Å². The summed E-state index contributed by atoms with van der Waals surface area (Å²) in [5, 5.41) is 0. The third-order valence-electron chi connectivity index (χ3n) is 2.05. The van der Waals surface area contributed by atoms with Crippen LogP contribution in [0.1, 0.15) is 32.6 Å². The van der Waals surface area contributed by atoms with Gasteiger partial charge in [-0.2, -0.15) is 8.78 Å². The minimum Gasteiger partial charge on any atom is -0.378 e. The summed E-state index contributed by atoms with van der Waals surface area (Å²) >= 11 is 0. The Morgan fingerprint density at radius 1 is 1.46 bits per heavy atom. The highest BCUT2D eigenvalue weighted by Gasteiger charge is 2.28. The van der Waals surface area contributed by atoms with Crippen LogP contribution in [0.5, 0.6) is 0 Å². The first-order valence-corrected chi connectivity index (χ1v) is 4.63. The van der Waals surface area contributed by atoms with Crippen LogP contribution < -0.4 is 0 Å². The summed E-state index contributed by atoms with van der Waals surface area (Å²) in [6, 6.07) is 0. The number of rotatable bonds is 2. The van der Waals surface area contributed by atoms with Gasteiger partial charge in [0.25, 0.3) is 0 Å². The topological polar surface area (TPSA) is 9.23 Å². The fourth-order valence-corrected chi connectivity index (χ4v) is 1.38. The highest BCUT2D eigenvalue weighted by Crippen LogP contribution is 2.24. The normalized spacial score (nSPS) is 26.8. The van der Waals surface area contributed by atoms with Crippen molar-refractivity contribution >= 4 is 0 Å². The maximum Gasteiger partial charge on any atom is 0.308 e. The zero-order valence-electron chi connectivity index (χ0n) is 7.78. The van der Waals surface area contributed by atoms with Crippen LogP contribution in [0.15, 0.2) is 0 Å². The highest BCUT2D eigenvalue weighted by molar-refractivity contribution is 5.10. The molecular formula is C10H14F2O. The molecule has 1 nitrogen and oxygen atoms in total. The molecule has 74 valence electrons. The predicted octanol–water partition coefficient (Wildman–Crippen LogP) is 2.60. The molecule has 0 amide bonds. The van der Waals surface area contributed by atoms with E-state index in [1.54, 1.807) is 0 Å². The van der Waals surface area contributed by atoms with Crippen molar-refractivity contribution in [2.45, 2.75) is 44.6 Å². The Balaban J connectivity index is 2.50. The molecule has 13 heavy (non-hydrogen) atoms. The van der Waals surface area contributed by atoms with E-state index >= 15 is 0 Å². The van der Waals surface area contributed by atoms with E-state index < -0.39 is 5.92 Å². The summed E-state index contributed by atoms with van der Waals surface area (Å²) in [7, 11) is 0. The summed E-state index contributed by atoms with van der Waals surface area (Å²) < 4.78 is 31.0. The molecule has 0 spiro atoms. The fraction of sp³-hybridized carbons (Fsp3) is 0.800. The Hall–Kier alpha value is -0.620. The van der Waals surface area contributed by atoms with Gasteiger partial charge >= 0.3 is 5.92 Å².